The van der Waals surface area contributed by atoms with Crippen molar-refractivity contribution in [2.45, 2.75) is 31.7 Å². The van der Waals surface area contributed by atoms with Crippen LogP contribution in [-0.2, 0) is 23.0 Å². The number of carbonyl (C=O) groups excluding carboxylic acids is 1. The van der Waals surface area contributed by atoms with Gasteiger partial charge in [-0.1, -0.05) is 43.3 Å². The van der Waals surface area contributed by atoms with Gasteiger partial charge in [-0.3, -0.25) is 4.79 Å². The van der Waals surface area contributed by atoms with Crippen LogP contribution in [0.1, 0.15) is 35.3 Å². The summed E-state index contributed by atoms with van der Waals surface area (Å²) in [5, 5.41) is 0. The number of hydrogen-bond acceptors (Lipinski definition) is 3. The average Bonchev–Trinajstić information content (AvgIpc) is 2.53. The monoisotopic (exact) mass is 317 g/mol. The molecule has 0 amide bonds. The zero-order valence-electron chi connectivity index (χ0n) is 12.7. The lowest BCUT2D eigenvalue weighted by Crippen LogP contribution is -2.23. The first kappa shape index (κ1) is 16.4. The summed E-state index contributed by atoms with van der Waals surface area (Å²) >= 11 is 0. The number of rotatable bonds is 6. The van der Waals surface area contributed by atoms with Crippen molar-refractivity contribution in [1.82, 2.24) is 4.72 Å². The number of Topliss-reactive ketones (excluding diaryl/α,β-unsaturated/α-hetero) is 1. The Morgan fingerprint density at radius 2 is 1.68 bits per heavy atom. The summed E-state index contributed by atoms with van der Waals surface area (Å²) in [5.41, 5.74) is 2.49. The molecule has 2 aromatic rings. The highest BCUT2D eigenvalue weighted by atomic mass is 32.2. The number of hydrogen-bond donors (Lipinski definition) is 1. The number of carbonyl (C=O) groups is 1. The first-order valence-corrected chi connectivity index (χ1v) is 8.59. The van der Waals surface area contributed by atoms with Gasteiger partial charge < -0.3 is 0 Å². The summed E-state index contributed by atoms with van der Waals surface area (Å²) in [7, 11) is -3.63. The molecule has 2 rings (SSSR count). The molecule has 0 saturated heterocycles. The molecule has 0 spiro atoms. The van der Waals surface area contributed by atoms with Crippen molar-refractivity contribution in [2.75, 3.05) is 0 Å². The Morgan fingerprint density at radius 1 is 1.05 bits per heavy atom. The topological polar surface area (TPSA) is 63.2 Å². The molecule has 0 aliphatic rings. The van der Waals surface area contributed by atoms with Gasteiger partial charge in [0.05, 0.1) is 4.90 Å². The van der Waals surface area contributed by atoms with E-state index < -0.39 is 10.0 Å². The lowest BCUT2D eigenvalue weighted by Gasteiger charge is -2.08. The van der Waals surface area contributed by atoms with E-state index in [4.69, 9.17) is 0 Å². The number of aryl methyl sites for hydroxylation is 1. The third-order valence-corrected chi connectivity index (χ3v) is 4.85. The Kier molecular flexibility index (Phi) is 5.11. The highest BCUT2D eigenvalue weighted by Gasteiger charge is 2.15. The van der Waals surface area contributed by atoms with Gasteiger partial charge in [0.15, 0.2) is 5.78 Å². The lowest BCUT2D eigenvalue weighted by atomic mass is 10.1. The van der Waals surface area contributed by atoms with Gasteiger partial charge in [0.1, 0.15) is 0 Å². The first-order valence-electron chi connectivity index (χ1n) is 7.11. The van der Waals surface area contributed by atoms with Crippen LogP contribution in [0.2, 0.25) is 0 Å². The van der Waals surface area contributed by atoms with Crippen LogP contribution in [0.3, 0.4) is 0 Å². The Labute approximate surface area is 131 Å². The molecule has 0 aliphatic carbocycles. The van der Waals surface area contributed by atoms with E-state index in [-0.39, 0.29) is 17.2 Å². The van der Waals surface area contributed by atoms with Gasteiger partial charge >= 0.3 is 0 Å². The normalized spacial score (nSPS) is 11.4. The Morgan fingerprint density at radius 3 is 2.27 bits per heavy atom. The molecule has 0 fully saturated rings. The van der Waals surface area contributed by atoms with E-state index in [1.54, 1.807) is 12.1 Å². The molecule has 4 nitrogen and oxygen atoms in total. The fraction of sp³-hybridized carbons (Fsp3) is 0.235. The van der Waals surface area contributed by atoms with E-state index in [0.717, 1.165) is 12.0 Å². The molecule has 0 aromatic heterocycles. The van der Waals surface area contributed by atoms with Crippen LogP contribution in [0.5, 0.6) is 0 Å². The van der Waals surface area contributed by atoms with E-state index in [2.05, 4.69) is 11.6 Å². The summed E-state index contributed by atoms with van der Waals surface area (Å²) in [4.78, 5) is 11.5. The fourth-order valence-corrected chi connectivity index (χ4v) is 3.10. The molecule has 22 heavy (non-hydrogen) atoms. The van der Waals surface area contributed by atoms with Crippen LogP contribution < -0.4 is 4.72 Å². The van der Waals surface area contributed by atoms with Crippen LogP contribution in [0, 0.1) is 0 Å². The van der Waals surface area contributed by atoms with Crippen LogP contribution in [0.4, 0.5) is 0 Å². The third-order valence-electron chi connectivity index (χ3n) is 3.45. The Balaban J connectivity index is 2.13. The van der Waals surface area contributed by atoms with E-state index in [1.807, 2.05) is 24.3 Å². The minimum absolute atomic E-state index is 0.102. The van der Waals surface area contributed by atoms with Crippen molar-refractivity contribution in [1.29, 1.82) is 0 Å². The van der Waals surface area contributed by atoms with E-state index in [9.17, 15) is 13.2 Å². The molecule has 116 valence electrons. The van der Waals surface area contributed by atoms with Gasteiger partial charge in [0.25, 0.3) is 0 Å². The van der Waals surface area contributed by atoms with Crippen molar-refractivity contribution < 1.29 is 13.2 Å². The summed E-state index contributed by atoms with van der Waals surface area (Å²) in [6.07, 6.45) is 0.948. The second kappa shape index (κ2) is 6.85. The van der Waals surface area contributed by atoms with Crippen LogP contribution in [0.25, 0.3) is 0 Å². The summed E-state index contributed by atoms with van der Waals surface area (Å²) < 4.78 is 27.1. The quantitative estimate of drug-likeness (QED) is 0.833. The molecule has 0 saturated carbocycles. The largest absolute Gasteiger partial charge is 0.295 e. The minimum atomic E-state index is -3.63. The van der Waals surface area contributed by atoms with Crippen LogP contribution in [-0.4, -0.2) is 14.2 Å². The standard InChI is InChI=1S/C17H19NO3S/c1-3-14-7-9-15(10-8-14)12-18-22(20,21)17-6-4-5-16(11-17)13(2)19/h4-11,18H,3,12H2,1-2H3. The summed E-state index contributed by atoms with van der Waals surface area (Å²) in [5.74, 6) is -0.160. The molecule has 0 atom stereocenters. The Bertz CT molecular complexity index is 765. The molecular formula is C17H19NO3S. The zero-order valence-corrected chi connectivity index (χ0v) is 13.5. The van der Waals surface area contributed by atoms with Crippen LogP contribution >= 0.6 is 0 Å². The second-order valence-electron chi connectivity index (χ2n) is 5.08. The van der Waals surface area contributed by atoms with Gasteiger partial charge in [-0.2, -0.15) is 0 Å². The molecule has 0 unspecified atom stereocenters. The molecule has 2 aromatic carbocycles. The maximum atomic E-state index is 12.3. The highest BCUT2D eigenvalue weighted by molar-refractivity contribution is 7.89. The second-order valence-corrected chi connectivity index (χ2v) is 6.85. The van der Waals surface area contributed by atoms with Gasteiger partial charge in [-0.15, -0.1) is 0 Å². The predicted octanol–water partition coefficient (Wildman–Crippen LogP) is 2.93. The van der Waals surface area contributed by atoms with E-state index in [1.165, 1.54) is 24.6 Å². The van der Waals surface area contributed by atoms with Crippen molar-refractivity contribution >= 4 is 15.8 Å². The summed E-state index contributed by atoms with van der Waals surface area (Å²) in [6, 6.07) is 13.8. The van der Waals surface area contributed by atoms with E-state index >= 15 is 0 Å². The minimum Gasteiger partial charge on any atom is -0.295 e. The van der Waals surface area contributed by atoms with Crippen LogP contribution in [0.15, 0.2) is 53.4 Å². The number of nitrogens with one attached hydrogen (secondary N) is 1. The molecule has 0 aliphatic heterocycles. The lowest BCUT2D eigenvalue weighted by molar-refractivity contribution is 0.101. The van der Waals surface area contributed by atoms with Gasteiger partial charge in [0, 0.05) is 12.1 Å². The molecule has 1 N–H and O–H groups in total. The number of benzene rings is 2. The van der Waals surface area contributed by atoms with Gasteiger partial charge in [0.2, 0.25) is 10.0 Å². The molecule has 5 heteroatoms. The third kappa shape index (κ3) is 4.02. The number of sulfonamides is 1. The van der Waals surface area contributed by atoms with Crippen molar-refractivity contribution in [3.63, 3.8) is 0 Å². The SMILES string of the molecule is CCc1ccc(CNS(=O)(=O)c2cccc(C(C)=O)c2)cc1. The van der Waals surface area contributed by atoms with Gasteiger partial charge in [-0.25, -0.2) is 13.1 Å². The fourth-order valence-electron chi connectivity index (χ4n) is 2.04. The van der Waals surface area contributed by atoms with E-state index in [0.29, 0.717) is 5.56 Å². The maximum Gasteiger partial charge on any atom is 0.240 e. The predicted molar refractivity (Wildman–Crippen MR) is 86.3 cm³/mol. The molecule has 0 heterocycles. The summed E-state index contributed by atoms with van der Waals surface area (Å²) in [6.45, 7) is 3.70. The highest BCUT2D eigenvalue weighted by Crippen LogP contribution is 2.13. The Hall–Kier alpha value is -1.98. The van der Waals surface area contributed by atoms with Crippen molar-refractivity contribution in [2.24, 2.45) is 0 Å². The first-order chi connectivity index (χ1) is 10.4. The molecule has 0 radical (unpaired) electrons. The molecule has 0 bridgehead atoms. The van der Waals surface area contributed by atoms with Crippen molar-refractivity contribution in [3.05, 3.63) is 65.2 Å². The average molecular weight is 317 g/mol. The number of ketones is 1. The smallest absolute Gasteiger partial charge is 0.240 e. The zero-order chi connectivity index (χ0) is 16.2. The molecular weight excluding hydrogens is 298 g/mol. The maximum absolute atomic E-state index is 12.3. The van der Waals surface area contributed by atoms with Gasteiger partial charge in [-0.05, 0) is 36.6 Å². The van der Waals surface area contributed by atoms with Crippen molar-refractivity contribution in [3.8, 4) is 0 Å².